The Hall–Kier alpha value is -3.90. The van der Waals surface area contributed by atoms with E-state index in [1.807, 2.05) is 50.2 Å². The van der Waals surface area contributed by atoms with Crippen LogP contribution >= 0.6 is 11.8 Å². The molecule has 0 aliphatic carbocycles. The van der Waals surface area contributed by atoms with Crippen molar-refractivity contribution in [3.63, 3.8) is 0 Å². The van der Waals surface area contributed by atoms with Crippen LogP contribution in [0.5, 0.6) is 0 Å². The van der Waals surface area contributed by atoms with Crippen LogP contribution in [-0.4, -0.2) is 37.4 Å². The first kappa shape index (κ1) is 23.3. The minimum atomic E-state index is -0.166. The summed E-state index contributed by atoms with van der Waals surface area (Å²) in [5, 5.41) is 18.7. The van der Waals surface area contributed by atoms with Crippen LogP contribution in [0.1, 0.15) is 17.5 Å². The SMILES string of the molecule is C=CCn1c(=O)c2ccccc2n2c(SCC(=O)N(CCC#N)c3ccc(C)c(C)c3)nnc12. The smallest absolute Gasteiger partial charge is 0.263 e. The van der Waals surface area contributed by atoms with Crippen molar-refractivity contribution in [2.75, 3.05) is 17.2 Å². The Balaban J connectivity index is 1.69. The molecule has 34 heavy (non-hydrogen) atoms. The summed E-state index contributed by atoms with van der Waals surface area (Å²) in [5.74, 6) is 0.367. The third-order valence-corrected chi connectivity index (χ3v) is 6.58. The Morgan fingerprint density at radius 1 is 1.21 bits per heavy atom. The second kappa shape index (κ2) is 9.93. The predicted molar refractivity (Wildman–Crippen MR) is 134 cm³/mol. The van der Waals surface area contributed by atoms with Gasteiger partial charge in [-0.25, -0.2) is 0 Å². The topological polar surface area (TPSA) is 96.3 Å². The fourth-order valence-corrected chi connectivity index (χ4v) is 4.59. The van der Waals surface area contributed by atoms with Crippen LogP contribution in [0.3, 0.4) is 0 Å². The number of para-hydroxylation sites is 1. The van der Waals surface area contributed by atoms with Gasteiger partial charge in [0.25, 0.3) is 5.56 Å². The molecule has 0 fully saturated rings. The number of rotatable bonds is 8. The molecule has 0 aliphatic heterocycles. The van der Waals surface area contributed by atoms with E-state index in [-0.39, 0.29) is 23.6 Å². The minimum Gasteiger partial charge on any atom is -0.311 e. The lowest BCUT2D eigenvalue weighted by atomic mass is 10.1. The summed E-state index contributed by atoms with van der Waals surface area (Å²) < 4.78 is 3.32. The number of hydrogen-bond acceptors (Lipinski definition) is 6. The number of allylic oxidation sites excluding steroid dienone is 1. The van der Waals surface area contributed by atoms with Gasteiger partial charge >= 0.3 is 0 Å². The number of carbonyl (C=O) groups is 1. The first-order chi connectivity index (χ1) is 16.5. The molecule has 0 saturated carbocycles. The first-order valence-electron chi connectivity index (χ1n) is 10.8. The quantitative estimate of drug-likeness (QED) is 0.285. The van der Waals surface area contributed by atoms with E-state index in [1.54, 1.807) is 21.4 Å². The molecule has 172 valence electrons. The minimum absolute atomic E-state index is 0.105. The third kappa shape index (κ3) is 4.32. The number of aryl methyl sites for hydroxylation is 2. The number of benzene rings is 2. The maximum absolute atomic E-state index is 13.2. The van der Waals surface area contributed by atoms with E-state index in [4.69, 9.17) is 5.26 Å². The Kier molecular flexibility index (Phi) is 6.80. The maximum Gasteiger partial charge on any atom is 0.263 e. The molecule has 8 nitrogen and oxygen atoms in total. The monoisotopic (exact) mass is 472 g/mol. The number of aromatic nitrogens is 4. The summed E-state index contributed by atoms with van der Waals surface area (Å²) >= 11 is 1.25. The molecular formula is C25H24N6O2S. The van der Waals surface area contributed by atoms with Gasteiger partial charge < -0.3 is 4.90 Å². The first-order valence-corrected chi connectivity index (χ1v) is 11.8. The van der Waals surface area contributed by atoms with E-state index in [0.717, 1.165) is 16.8 Å². The number of carbonyl (C=O) groups excluding carboxylic acids is 1. The standard InChI is InChI=1S/C25H24N6O2S/c1-4-13-30-23(33)20-8-5-6-9-21(20)31-24(30)27-28-25(31)34-16-22(32)29(14-7-12-26)19-11-10-17(2)18(3)15-19/h4-6,8-11,15H,1,7,13-14,16H2,2-3H3. The number of fused-ring (bicyclic) bond motifs is 3. The molecule has 4 rings (SSSR count). The largest absolute Gasteiger partial charge is 0.311 e. The number of amides is 1. The molecule has 0 atom stereocenters. The number of hydrogen-bond donors (Lipinski definition) is 0. The van der Waals surface area contributed by atoms with Gasteiger partial charge in [0.1, 0.15) is 0 Å². The highest BCUT2D eigenvalue weighted by Crippen LogP contribution is 2.24. The molecule has 2 aromatic carbocycles. The number of anilines is 1. The molecule has 9 heteroatoms. The lowest BCUT2D eigenvalue weighted by Crippen LogP contribution is -2.33. The molecule has 0 aliphatic rings. The summed E-state index contributed by atoms with van der Waals surface area (Å²) in [6.07, 6.45) is 1.87. The van der Waals surface area contributed by atoms with E-state index in [9.17, 15) is 9.59 Å². The highest BCUT2D eigenvalue weighted by atomic mass is 32.2. The Labute approximate surface area is 201 Å². The summed E-state index contributed by atoms with van der Waals surface area (Å²) in [4.78, 5) is 27.8. The van der Waals surface area contributed by atoms with Crippen LogP contribution in [0.2, 0.25) is 0 Å². The third-order valence-electron chi connectivity index (χ3n) is 5.67. The zero-order valence-corrected chi connectivity index (χ0v) is 19.9. The summed E-state index contributed by atoms with van der Waals surface area (Å²) in [6.45, 7) is 8.35. The normalized spacial score (nSPS) is 11.0. The van der Waals surface area contributed by atoms with Gasteiger partial charge in [-0.05, 0) is 49.2 Å². The zero-order valence-electron chi connectivity index (χ0n) is 19.1. The van der Waals surface area contributed by atoms with Crippen LogP contribution < -0.4 is 10.5 Å². The van der Waals surface area contributed by atoms with Gasteiger partial charge in [-0.2, -0.15) is 5.26 Å². The number of nitriles is 1. The summed E-state index contributed by atoms with van der Waals surface area (Å²) in [7, 11) is 0. The van der Waals surface area contributed by atoms with Crippen molar-refractivity contribution in [2.24, 2.45) is 0 Å². The molecule has 0 spiro atoms. The number of thioether (sulfide) groups is 1. The van der Waals surface area contributed by atoms with E-state index < -0.39 is 0 Å². The molecule has 2 aromatic heterocycles. The van der Waals surface area contributed by atoms with Gasteiger partial charge in [-0.1, -0.05) is 36.0 Å². The van der Waals surface area contributed by atoms with Gasteiger partial charge in [-0.3, -0.25) is 18.6 Å². The Bertz CT molecular complexity index is 1500. The van der Waals surface area contributed by atoms with E-state index in [1.165, 1.54) is 16.3 Å². The van der Waals surface area contributed by atoms with Crippen molar-refractivity contribution in [1.82, 2.24) is 19.2 Å². The van der Waals surface area contributed by atoms with Crippen molar-refractivity contribution >= 4 is 40.0 Å². The second-order valence-corrected chi connectivity index (χ2v) is 8.79. The van der Waals surface area contributed by atoms with Crippen LogP contribution in [0.4, 0.5) is 5.69 Å². The Morgan fingerprint density at radius 2 is 2.00 bits per heavy atom. The van der Waals surface area contributed by atoms with E-state index >= 15 is 0 Å². The average molecular weight is 473 g/mol. The predicted octanol–water partition coefficient (Wildman–Crippen LogP) is 3.89. The second-order valence-electron chi connectivity index (χ2n) is 7.85. The molecule has 4 aromatic rings. The molecule has 1 amide bonds. The average Bonchev–Trinajstić information content (AvgIpc) is 3.26. The highest BCUT2D eigenvalue weighted by molar-refractivity contribution is 7.99. The van der Waals surface area contributed by atoms with Crippen molar-refractivity contribution in [2.45, 2.75) is 32.0 Å². The van der Waals surface area contributed by atoms with Crippen LogP contribution in [0.25, 0.3) is 16.7 Å². The maximum atomic E-state index is 13.2. The van der Waals surface area contributed by atoms with Crippen molar-refractivity contribution in [3.8, 4) is 6.07 Å². The van der Waals surface area contributed by atoms with Gasteiger partial charge in [0.2, 0.25) is 11.7 Å². The van der Waals surface area contributed by atoms with Gasteiger partial charge in [0.15, 0.2) is 5.16 Å². The zero-order chi connectivity index (χ0) is 24.2. The molecule has 0 saturated heterocycles. The van der Waals surface area contributed by atoms with Gasteiger partial charge in [0, 0.05) is 18.8 Å². The van der Waals surface area contributed by atoms with Crippen molar-refractivity contribution in [3.05, 3.63) is 76.6 Å². The molecule has 0 bridgehead atoms. The lowest BCUT2D eigenvalue weighted by molar-refractivity contribution is -0.116. The van der Waals surface area contributed by atoms with Crippen LogP contribution in [-0.2, 0) is 11.3 Å². The van der Waals surface area contributed by atoms with Gasteiger partial charge in [0.05, 0.1) is 29.1 Å². The van der Waals surface area contributed by atoms with Crippen molar-refractivity contribution < 1.29 is 4.79 Å². The summed E-state index contributed by atoms with van der Waals surface area (Å²) in [6, 6.07) is 15.2. The molecule has 0 N–H and O–H groups in total. The summed E-state index contributed by atoms with van der Waals surface area (Å²) in [5.41, 5.74) is 3.49. The van der Waals surface area contributed by atoms with Crippen LogP contribution in [0, 0.1) is 25.2 Å². The molecule has 0 radical (unpaired) electrons. The Morgan fingerprint density at radius 3 is 2.74 bits per heavy atom. The van der Waals surface area contributed by atoms with E-state index in [2.05, 4.69) is 22.8 Å². The van der Waals surface area contributed by atoms with E-state index in [0.29, 0.717) is 34.9 Å². The van der Waals surface area contributed by atoms with Crippen molar-refractivity contribution in [1.29, 1.82) is 5.26 Å². The highest BCUT2D eigenvalue weighted by Gasteiger charge is 2.20. The number of nitrogens with zero attached hydrogens (tertiary/aromatic N) is 6. The molecule has 0 unspecified atom stereocenters. The lowest BCUT2D eigenvalue weighted by Gasteiger charge is -2.22. The molecular weight excluding hydrogens is 448 g/mol. The molecule has 2 heterocycles. The fourth-order valence-electron chi connectivity index (χ4n) is 3.78. The van der Waals surface area contributed by atoms with Crippen LogP contribution in [0.15, 0.2) is 65.1 Å². The fraction of sp³-hybridized carbons (Fsp3) is 0.240. The van der Waals surface area contributed by atoms with Gasteiger partial charge in [-0.15, -0.1) is 16.8 Å².